The number of amides is 1. The molecule has 4 aromatic rings. The number of carbonyl (C=O) groups excluding carboxylic acids is 1. The summed E-state index contributed by atoms with van der Waals surface area (Å²) >= 11 is 1.52. The molecule has 4 rings (SSSR count). The van der Waals surface area contributed by atoms with Gasteiger partial charge in [-0.3, -0.25) is 9.59 Å². The minimum atomic E-state index is -0.344. The summed E-state index contributed by atoms with van der Waals surface area (Å²) in [6, 6.07) is 16.7. The Morgan fingerprint density at radius 2 is 1.83 bits per heavy atom. The van der Waals surface area contributed by atoms with Crippen molar-refractivity contribution in [2.75, 3.05) is 0 Å². The molecule has 7 heteroatoms. The average molecular weight is 407 g/mol. The van der Waals surface area contributed by atoms with Crippen LogP contribution in [0.15, 0.2) is 70.8 Å². The number of hydrogen-bond donors (Lipinski definition) is 1. The van der Waals surface area contributed by atoms with Crippen molar-refractivity contribution in [3.63, 3.8) is 0 Å². The van der Waals surface area contributed by atoms with Gasteiger partial charge in [0.15, 0.2) is 0 Å². The maximum atomic E-state index is 13.1. The normalized spacial score (nSPS) is 12.1. The number of carbonyl (C=O) groups is 1. The number of nitrogens with zero attached hydrogens (tertiary/aromatic N) is 2. The number of fused-ring (bicyclic) bond motifs is 1. The minimum absolute atomic E-state index is 0.201. The highest BCUT2D eigenvalue weighted by Gasteiger charge is 2.16. The Bertz CT molecular complexity index is 1220. The number of nitrogens with one attached hydrogen (secondary N) is 1. The van der Waals surface area contributed by atoms with Gasteiger partial charge in [0.25, 0.3) is 5.56 Å². The van der Waals surface area contributed by atoms with E-state index in [0.717, 1.165) is 15.8 Å². The van der Waals surface area contributed by atoms with Crippen LogP contribution in [0.25, 0.3) is 21.3 Å². The van der Waals surface area contributed by atoms with Crippen LogP contribution in [0.4, 0.5) is 4.39 Å². The maximum absolute atomic E-state index is 13.1. The molecule has 2 aromatic carbocycles. The molecule has 1 N–H and O–H groups in total. The summed E-state index contributed by atoms with van der Waals surface area (Å²) in [5.41, 5.74) is 1.14. The van der Waals surface area contributed by atoms with Crippen molar-refractivity contribution in [3.05, 3.63) is 87.8 Å². The van der Waals surface area contributed by atoms with Crippen LogP contribution in [-0.4, -0.2) is 15.7 Å². The van der Waals surface area contributed by atoms with E-state index in [2.05, 4.69) is 10.4 Å². The smallest absolute Gasteiger partial charge is 0.275 e. The first-order valence-electron chi connectivity index (χ1n) is 9.11. The monoisotopic (exact) mass is 407 g/mol. The number of hydrogen-bond acceptors (Lipinski definition) is 4. The van der Waals surface area contributed by atoms with Crippen LogP contribution in [0.3, 0.4) is 0 Å². The van der Waals surface area contributed by atoms with Crippen LogP contribution in [0, 0.1) is 5.82 Å². The van der Waals surface area contributed by atoms with Gasteiger partial charge < -0.3 is 5.32 Å². The minimum Gasteiger partial charge on any atom is -0.348 e. The van der Waals surface area contributed by atoms with E-state index in [1.54, 1.807) is 31.2 Å². The predicted molar refractivity (Wildman–Crippen MR) is 112 cm³/mol. The fraction of sp³-hybridized carbons (Fsp3) is 0.136. The molecule has 146 valence electrons. The van der Waals surface area contributed by atoms with E-state index in [-0.39, 0.29) is 29.9 Å². The molecule has 2 heterocycles. The summed E-state index contributed by atoms with van der Waals surface area (Å²) in [5, 5.41) is 10.5. The van der Waals surface area contributed by atoms with Gasteiger partial charge in [-0.25, -0.2) is 9.07 Å². The van der Waals surface area contributed by atoms with Gasteiger partial charge in [-0.15, -0.1) is 11.3 Å². The van der Waals surface area contributed by atoms with Gasteiger partial charge in [0.05, 0.1) is 16.3 Å². The van der Waals surface area contributed by atoms with Crippen LogP contribution in [0.2, 0.25) is 0 Å². The molecule has 0 saturated carbocycles. The molecule has 0 aliphatic heterocycles. The first-order valence-corrected chi connectivity index (χ1v) is 9.99. The van der Waals surface area contributed by atoms with Crippen LogP contribution < -0.4 is 10.9 Å². The second kappa shape index (κ2) is 7.97. The van der Waals surface area contributed by atoms with Gasteiger partial charge in [0, 0.05) is 5.39 Å². The molecule has 0 aliphatic carbocycles. The molecule has 0 aliphatic rings. The molecule has 2 aromatic heterocycles. The zero-order valence-electron chi connectivity index (χ0n) is 15.6. The molecular weight excluding hydrogens is 389 g/mol. The Hall–Kier alpha value is -3.32. The van der Waals surface area contributed by atoms with Crippen LogP contribution >= 0.6 is 11.3 Å². The number of thiophene rings is 1. The largest absolute Gasteiger partial charge is 0.348 e. The Labute approximate surface area is 170 Å². The van der Waals surface area contributed by atoms with Crippen molar-refractivity contribution in [3.8, 4) is 10.6 Å². The van der Waals surface area contributed by atoms with Crippen molar-refractivity contribution >= 4 is 28.0 Å². The second-order valence-corrected chi connectivity index (χ2v) is 7.62. The van der Waals surface area contributed by atoms with Gasteiger partial charge in [-0.1, -0.05) is 36.4 Å². The predicted octanol–water partition coefficient (Wildman–Crippen LogP) is 4.14. The SMILES string of the molecule is CC(NC(=O)Cn1nc(-c2cccs2)c2ccccc2c1=O)c1ccc(F)cc1. The van der Waals surface area contributed by atoms with E-state index in [1.165, 1.54) is 28.2 Å². The highest BCUT2D eigenvalue weighted by Crippen LogP contribution is 2.28. The first-order chi connectivity index (χ1) is 14.0. The summed E-state index contributed by atoms with van der Waals surface area (Å²) in [4.78, 5) is 26.4. The molecule has 5 nitrogen and oxygen atoms in total. The van der Waals surface area contributed by atoms with Crippen molar-refractivity contribution < 1.29 is 9.18 Å². The molecule has 1 atom stereocenters. The van der Waals surface area contributed by atoms with E-state index >= 15 is 0 Å². The average Bonchev–Trinajstić information content (AvgIpc) is 3.25. The van der Waals surface area contributed by atoms with E-state index in [4.69, 9.17) is 0 Å². The lowest BCUT2D eigenvalue weighted by molar-refractivity contribution is -0.122. The van der Waals surface area contributed by atoms with Gasteiger partial charge in [0.1, 0.15) is 18.1 Å². The lowest BCUT2D eigenvalue weighted by atomic mass is 10.1. The maximum Gasteiger partial charge on any atom is 0.275 e. The summed E-state index contributed by atoms with van der Waals surface area (Å²) in [6.07, 6.45) is 0. The Morgan fingerprint density at radius 1 is 1.10 bits per heavy atom. The van der Waals surface area contributed by atoms with E-state index < -0.39 is 0 Å². The van der Waals surface area contributed by atoms with Crippen molar-refractivity contribution in [1.29, 1.82) is 0 Å². The fourth-order valence-corrected chi connectivity index (χ4v) is 3.92. The molecule has 0 fully saturated rings. The molecule has 1 amide bonds. The van der Waals surface area contributed by atoms with Gasteiger partial charge in [-0.2, -0.15) is 5.10 Å². The highest BCUT2D eigenvalue weighted by molar-refractivity contribution is 7.13. The standard InChI is InChI=1S/C22H18FN3O2S/c1-14(15-8-10-16(23)11-9-15)24-20(27)13-26-22(28)18-6-3-2-5-17(18)21(25-26)19-7-4-12-29-19/h2-12,14H,13H2,1H3,(H,24,27). The summed E-state index contributed by atoms with van der Waals surface area (Å²) in [6.45, 7) is 1.60. The van der Waals surface area contributed by atoms with E-state index in [0.29, 0.717) is 11.1 Å². The third-order valence-corrected chi connectivity index (χ3v) is 5.54. The Morgan fingerprint density at radius 3 is 2.52 bits per heavy atom. The lowest BCUT2D eigenvalue weighted by Gasteiger charge is -2.15. The summed E-state index contributed by atoms with van der Waals surface area (Å²) in [7, 11) is 0. The van der Waals surface area contributed by atoms with Crippen molar-refractivity contribution in [1.82, 2.24) is 15.1 Å². The molecule has 1 unspecified atom stereocenters. The Kier molecular flexibility index (Phi) is 5.22. The van der Waals surface area contributed by atoms with Crippen LogP contribution in [0.5, 0.6) is 0 Å². The van der Waals surface area contributed by atoms with Crippen LogP contribution in [0.1, 0.15) is 18.5 Å². The number of benzene rings is 2. The van der Waals surface area contributed by atoms with Gasteiger partial charge in [0.2, 0.25) is 5.91 Å². The molecule has 29 heavy (non-hydrogen) atoms. The molecule has 0 radical (unpaired) electrons. The summed E-state index contributed by atoms with van der Waals surface area (Å²) in [5.74, 6) is -0.677. The zero-order chi connectivity index (χ0) is 20.4. The van der Waals surface area contributed by atoms with Gasteiger partial charge in [-0.05, 0) is 42.1 Å². The van der Waals surface area contributed by atoms with Crippen LogP contribution in [-0.2, 0) is 11.3 Å². The zero-order valence-corrected chi connectivity index (χ0v) is 16.4. The van der Waals surface area contributed by atoms with Crippen molar-refractivity contribution in [2.24, 2.45) is 0 Å². The highest BCUT2D eigenvalue weighted by atomic mass is 32.1. The first kappa shape index (κ1) is 19.0. The fourth-order valence-electron chi connectivity index (χ4n) is 3.20. The molecule has 0 spiro atoms. The third-order valence-electron chi connectivity index (χ3n) is 4.66. The lowest BCUT2D eigenvalue weighted by Crippen LogP contribution is -2.35. The molecular formula is C22H18FN3O2S. The second-order valence-electron chi connectivity index (χ2n) is 6.68. The number of halogens is 1. The van der Waals surface area contributed by atoms with E-state index in [9.17, 15) is 14.0 Å². The van der Waals surface area contributed by atoms with E-state index in [1.807, 2.05) is 29.6 Å². The third kappa shape index (κ3) is 3.95. The van der Waals surface area contributed by atoms with Gasteiger partial charge >= 0.3 is 0 Å². The van der Waals surface area contributed by atoms with Crippen molar-refractivity contribution in [2.45, 2.75) is 19.5 Å². The number of rotatable bonds is 5. The Balaban J connectivity index is 1.64. The topological polar surface area (TPSA) is 64.0 Å². The quantitative estimate of drug-likeness (QED) is 0.541. The number of aromatic nitrogens is 2. The molecule has 0 bridgehead atoms. The molecule has 0 saturated heterocycles. The summed E-state index contributed by atoms with van der Waals surface area (Å²) < 4.78 is 14.3.